The van der Waals surface area contributed by atoms with Crippen LogP contribution in [0.15, 0.2) is 30.6 Å². The molecule has 2 N–H and O–H groups in total. The van der Waals surface area contributed by atoms with Gasteiger partial charge in [0.1, 0.15) is 16.3 Å². The van der Waals surface area contributed by atoms with Gasteiger partial charge in [0.25, 0.3) is 0 Å². The van der Waals surface area contributed by atoms with Crippen LogP contribution in [-0.4, -0.2) is 49.3 Å². The molecule has 3 heterocycles. The molecular weight excluding hydrogens is 352 g/mol. The number of ether oxygens (including phenoxy) is 2. The zero-order valence-electron chi connectivity index (χ0n) is 14.3. The molecule has 1 aromatic carbocycles. The number of thiazole rings is 1. The zero-order chi connectivity index (χ0) is 18.1. The van der Waals surface area contributed by atoms with Crippen molar-refractivity contribution in [1.82, 2.24) is 9.97 Å². The standard InChI is InChI=1S/C18H18N4O3S/c1-24-14-3-2-13(22-6-8-25-9-7-22)16-15(14)21-18(26-16)12-10-20-5-4-11(12)17(19)23/h2-5,10H,6-9H2,1H3,(H2,19,23). The Labute approximate surface area is 154 Å². The molecule has 0 radical (unpaired) electrons. The summed E-state index contributed by atoms with van der Waals surface area (Å²) in [6.45, 7) is 3.06. The van der Waals surface area contributed by atoms with Crippen LogP contribution in [0.1, 0.15) is 10.4 Å². The van der Waals surface area contributed by atoms with Gasteiger partial charge in [-0.15, -0.1) is 11.3 Å². The number of nitrogens with zero attached hydrogens (tertiary/aromatic N) is 3. The Morgan fingerprint density at radius 1 is 1.31 bits per heavy atom. The van der Waals surface area contributed by atoms with E-state index in [1.165, 1.54) is 11.3 Å². The predicted molar refractivity (Wildman–Crippen MR) is 101 cm³/mol. The molecule has 0 aliphatic carbocycles. The average molecular weight is 370 g/mol. The molecule has 0 spiro atoms. The Bertz CT molecular complexity index is 966. The molecule has 4 rings (SSSR count). The second-order valence-electron chi connectivity index (χ2n) is 5.87. The van der Waals surface area contributed by atoms with Crippen molar-refractivity contribution in [3.8, 4) is 16.3 Å². The average Bonchev–Trinajstić information content (AvgIpc) is 3.13. The predicted octanol–water partition coefficient (Wildman–Crippen LogP) is 2.30. The van der Waals surface area contributed by atoms with Crippen molar-refractivity contribution in [1.29, 1.82) is 0 Å². The maximum absolute atomic E-state index is 11.8. The van der Waals surface area contributed by atoms with Gasteiger partial charge in [-0.05, 0) is 18.2 Å². The van der Waals surface area contributed by atoms with Crippen molar-refractivity contribution >= 4 is 33.1 Å². The number of amides is 1. The van der Waals surface area contributed by atoms with E-state index in [0.717, 1.165) is 29.0 Å². The highest BCUT2D eigenvalue weighted by Gasteiger charge is 2.21. The number of anilines is 1. The molecule has 1 fully saturated rings. The number of pyridine rings is 1. The fraction of sp³-hybridized carbons (Fsp3) is 0.278. The topological polar surface area (TPSA) is 90.6 Å². The third-order valence-electron chi connectivity index (χ3n) is 4.37. The van der Waals surface area contributed by atoms with Gasteiger partial charge in [-0.3, -0.25) is 9.78 Å². The summed E-state index contributed by atoms with van der Waals surface area (Å²) >= 11 is 1.51. The number of carbonyl (C=O) groups excluding carboxylic acids is 1. The maximum atomic E-state index is 11.8. The SMILES string of the molecule is COc1ccc(N2CCOCC2)c2sc(-c3cnccc3C(N)=O)nc12. The van der Waals surface area contributed by atoms with E-state index < -0.39 is 5.91 Å². The van der Waals surface area contributed by atoms with Crippen LogP contribution < -0.4 is 15.4 Å². The molecule has 8 heteroatoms. The Morgan fingerprint density at radius 2 is 2.12 bits per heavy atom. The number of aromatic nitrogens is 2. The number of hydrogen-bond acceptors (Lipinski definition) is 7. The van der Waals surface area contributed by atoms with E-state index in [9.17, 15) is 4.79 Å². The molecule has 0 unspecified atom stereocenters. The van der Waals surface area contributed by atoms with Gasteiger partial charge in [-0.2, -0.15) is 0 Å². The number of hydrogen-bond donors (Lipinski definition) is 1. The molecular formula is C18H18N4O3S. The van der Waals surface area contributed by atoms with Crippen molar-refractivity contribution in [3.05, 3.63) is 36.2 Å². The van der Waals surface area contributed by atoms with E-state index in [1.54, 1.807) is 25.6 Å². The summed E-state index contributed by atoms with van der Waals surface area (Å²) in [7, 11) is 1.63. The molecule has 0 saturated carbocycles. The van der Waals surface area contributed by atoms with Crippen molar-refractivity contribution in [3.63, 3.8) is 0 Å². The van der Waals surface area contributed by atoms with Gasteiger partial charge in [-0.1, -0.05) is 0 Å². The van der Waals surface area contributed by atoms with Crippen molar-refractivity contribution in [2.24, 2.45) is 5.73 Å². The quantitative estimate of drug-likeness (QED) is 0.758. The monoisotopic (exact) mass is 370 g/mol. The highest BCUT2D eigenvalue weighted by Crippen LogP contribution is 2.41. The first-order valence-corrected chi connectivity index (χ1v) is 9.05. The number of carbonyl (C=O) groups is 1. The van der Waals surface area contributed by atoms with Gasteiger partial charge in [-0.25, -0.2) is 4.98 Å². The molecule has 1 aliphatic heterocycles. The highest BCUT2D eigenvalue weighted by molar-refractivity contribution is 7.22. The van der Waals surface area contributed by atoms with Gasteiger partial charge >= 0.3 is 0 Å². The van der Waals surface area contributed by atoms with E-state index in [2.05, 4.69) is 9.88 Å². The molecule has 0 atom stereocenters. The van der Waals surface area contributed by atoms with Crippen LogP contribution in [0.2, 0.25) is 0 Å². The van der Waals surface area contributed by atoms with Gasteiger partial charge < -0.3 is 20.1 Å². The minimum Gasteiger partial charge on any atom is -0.494 e. The molecule has 1 saturated heterocycles. The van der Waals surface area contributed by atoms with Crippen LogP contribution in [-0.2, 0) is 4.74 Å². The lowest BCUT2D eigenvalue weighted by Gasteiger charge is -2.29. The molecule has 0 bridgehead atoms. The van der Waals surface area contributed by atoms with E-state index in [4.69, 9.17) is 20.2 Å². The molecule has 26 heavy (non-hydrogen) atoms. The minimum atomic E-state index is -0.498. The van der Waals surface area contributed by atoms with Crippen LogP contribution >= 0.6 is 11.3 Å². The third kappa shape index (κ3) is 2.87. The van der Waals surface area contributed by atoms with Crippen molar-refractivity contribution in [2.45, 2.75) is 0 Å². The van der Waals surface area contributed by atoms with Gasteiger partial charge in [0, 0.05) is 31.0 Å². The lowest BCUT2D eigenvalue weighted by molar-refractivity contribution is 0.100. The smallest absolute Gasteiger partial charge is 0.249 e. The second-order valence-corrected chi connectivity index (χ2v) is 6.87. The van der Waals surface area contributed by atoms with Gasteiger partial charge in [0.05, 0.1) is 36.3 Å². The van der Waals surface area contributed by atoms with Crippen LogP contribution in [0.3, 0.4) is 0 Å². The number of nitrogens with two attached hydrogens (primary N) is 1. The number of morpholine rings is 1. The first kappa shape index (κ1) is 16.7. The molecule has 2 aromatic heterocycles. The highest BCUT2D eigenvalue weighted by atomic mass is 32.1. The van der Waals surface area contributed by atoms with E-state index >= 15 is 0 Å². The number of primary amides is 1. The van der Waals surface area contributed by atoms with E-state index in [1.807, 2.05) is 12.1 Å². The first-order chi connectivity index (χ1) is 12.7. The van der Waals surface area contributed by atoms with E-state index in [0.29, 0.717) is 35.1 Å². The van der Waals surface area contributed by atoms with Gasteiger partial charge in [0.2, 0.25) is 5.91 Å². The summed E-state index contributed by atoms with van der Waals surface area (Å²) in [5.74, 6) is 0.200. The maximum Gasteiger partial charge on any atom is 0.249 e. The normalized spacial score (nSPS) is 14.6. The zero-order valence-corrected chi connectivity index (χ0v) is 15.1. The molecule has 1 amide bonds. The number of rotatable bonds is 4. The molecule has 7 nitrogen and oxygen atoms in total. The minimum absolute atomic E-state index is 0.408. The fourth-order valence-corrected chi connectivity index (χ4v) is 4.23. The largest absolute Gasteiger partial charge is 0.494 e. The van der Waals surface area contributed by atoms with Crippen LogP contribution in [0, 0.1) is 0 Å². The Morgan fingerprint density at radius 3 is 2.85 bits per heavy atom. The summed E-state index contributed by atoms with van der Waals surface area (Å²) < 4.78 is 12.0. The lowest BCUT2D eigenvalue weighted by atomic mass is 10.1. The molecule has 1 aliphatic rings. The number of methoxy groups -OCH3 is 1. The molecule has 134 valence electrons. The summed E-state index contributed by atoms with van der Waals surface area (Å²) in [6, 6.07) is 5.59. The summed E-state index contributed by atoms with van der Waals surface area (Å²) in [6.07, 6.45) is 3.18. The van der Waals surface area contributed by atoms with E-state index in [-0.39, 0.29) is 0 Å². The summed E-state index contributed by atoms with van der Waals surface area (Å²) in [5, 5.41) is 0.695. The Hall–Kier alpha value is -2.71. The van der Waals surface area contributed by atoms with Crippen LogP contribution in [0.5, 0.6) is 5.75 Å². The Kier molecular flexibility index (Phi) is 4.44. The summed E-state index contributed by atoms with van der Waals surface area (Å²) in [5.41, 5.74) is 8.42. The van der Waals surface area contributed by atoms with Crippen LogP contribution in [0.4, 0.5) is 5.69 Å². The second kappa shape index (κ2) is 6.89. The number of benzene rings is 1. The van der Waals surface area contributed by atoms with Crippen molar-refractivity contribution < 1.29 is 14.3 Å². The molecule has 3 aromatic rings. The number of fused-ring (bicyclic) bond motifs is 1. The Balaban J connectivity index is 1.89. The third-order valence-corrected chi connectivity index (χ3v) is 5.49. The van der Waals surface area contributed by atoms with Crippen molar-refractivity contribution in [2.75, 3.05) is 38.3 Å². The lowest BCUT2D eigenvalue weighted by Crippen LogP contribution is -2.36. The summed E-state index contributed by atoms with van der Waals surface area (Å²) in [4.78, 5) is 22.9. The van der Waals surface area contributed by atoms with Gasteiger partial charge in [0.15, 0.2) is 0 Å². The fourth-order valence-electron chi connectivity index (χ4n) is 3.08. The first-order valence-electron chi connectivity index (χ1n) is 8.23. The van der Waals surface area contributed by atoms with Crippen LogP contribution in [0.25, 0.3) is 20.8 Å².